The molecule has 0 aliphatic rings. The van der Waals surface area contributed by atoms with Crippen molar-refractivity contribution in [3.8, 4) is 56.4 Å². The van der Waals surface area contributed by atoms with E-state index in [2.05, 4.69) is 206 Å². The van der Waals surface area contributed by atoms with Crippen LogP contribution in [0.4, 0.5) is 0 Å². The van der Waals surface area contributed by atoms with Gasteiger partial charge in [-0.2, -0.15) is 0 Å². The standard InChI is InChI=1S/C59H35N3O/c1-2-12-36(13-3-1)38-22-27-40(28-23-38)57-60-58(62-59(61-57)45-31-24-37-14-4-5-15-42(37)32-45)41-29-25-39(26-30-41)50-35-51-48-20-9-8-18-46(48)47-19-10-11-21-49(47)54(51)56-55(50)52-33-43-16-6-7-17-44(43)34-53(52)63-56/h1-35H. The third-order valence-electron chi connectivity index (χ3n) is 12.7. The Morgan fingerprint density at radius 3 is 1.40 bits per heavy atom. The molecule has 0 amide bonds. The molecule has 0 fully saturated rings. The summed E-state index contributed by atoms with van der Waals surface area (Å²) < 4.78 is 7.03. The van der Waals surface area contributed by atoms with E-state index in [9.17, 15) is 0 Å². The van der Waals surface area contributed by atoms with Crippen LogP contribution in [-0.2, 0) is 0 Å². The van der Waals surface area contributed by atoms with Crippen LogP contribution < -0.4 is 0 Å². The van der Waals surface area contributed by atoms with Crippen LogP contribution in [0.2, 0.25) is 0 Å². The molecule has 13 aromatic rings. The molecule has 0 bridgehead atoms. The van der Waals surface area contributed by atoms with E-state index in [4.69, 9.17) is 19.4 Å². The maximum Gasteiger partial charge on any atom is 0.164 e. The minimum absolute atomic E-state index is 0.614. The van der Waals surface area contributed by atoms with Crippen LogP contribution in [0, 0.1) is 0 Å². The van der Waals surface area contributed by atoms with Crippen molar-refractivity contribution in [3.63, 3.8) is 0 Å². The summed E-state index contributed by atoms with van der Waals surface area (Å²) in [6.45, 7) is 0. The average Bonchev–Trinajstić information content (AvgIpc) is 3.73. The molecule has 4 heteroatoms. The van der Waals surface area contributed by atoms with E-state index in [1.54, 1.807) is 0 Å². The molecule has 0 spiro atoms. The fraction of sp³-hybridized carbons (Fsp3) is 0. The molecule has 4 nitrogen and oxygen atoms in total. The second kappa shape index (κ2) is 14.1. The summed E-state index contributed by atoms with van der Waals surface area (Å²) in [4.78, 5) is 15.4. The first-order valence-corrected chi connectivity index (χ1v) is 21.3. The first-order chi connectivity index (χ1) is 31.2. The summed E-state index contributed by atoms with van der Waals surface area (Å²) in [7, 11) is 0. The Morgan fingerprint density at radius 1 is 0.270 bits per heavy atom. The number of hydrogen-bond donors (Lipinski definition) is 0. The summed E-state index contributed by atoms with van der Waals surface area (Å²) in [5.74, 6) is 1.87. The van der Waals surface area contributed by atoms with Gasteiger partial charge in [-0.25, -0.2) is 15.0 Å². The fourth-order valence-electron chi connectivity index (χ4n) is 9.57. The summed E-state index contributed by atoms with van der Waals surface area (Å²) in [6, 6.07) is 75.2. The Labute approximate surface area is 362 Å². The number of rotatable bonds is 5. The van der Waals surface area contributed by atoms with Gasteiger partial charge in [-0.05, 0) is 95.0 Å². The summed E-state index contributed by atoms with van der Waals surface area (Å²) in [5.41, 5.74) is 9.05. The monoisotopic (exact) mass is 801 g/mol. The van der Waals surface area contributed by atoms with Crippen LogP contribution in [0.25, 0.3) is 132 Å². The fourth-order valence-corrected chi connectivity index (χ4v) is 9.57. The molecule has 0 aliphatic carbocycles. The lowest BCUT2D eigenvalue weighted by molar-refractivity contribution is 0.673. The van der Waals surface area contributed by atoms with Crippen molar-refractivity contribution in [1.29, 1.82) is 0 Å². The summed E-state index contributed by atoms with van der Waals surface area (Å²) in [5, 5.41) is 14.0. The van der Waals surface area contributed by atoms with Crippen molar-refractivity contribution in [2.45, 2.75) is 0 Å². The van der Waals surface area contributed by atoms with E-state index in [1.807, 2.05) is 6.07 Å². The molecule has 0 unspecified atom stereocenters. The van der Waals surface area contributed by atoms with Crippen molar-refractivity contribution in [3.05, 3.63) is 212 Å². The molecule has 11 aromatic carbocycles. The third kappa shape index (κ3) is 5.80. The topological polar surface area (TPSA) is 51.8 Å². The van der Waals surface area contributed by atoms with Gasteiger partial charge in [-0.15, -0.1) is 0 Å². The van der Waals surface area contributed by atoms with Crippen LogP contribution >= 0.6 is 0 Å². The van der Waals surface area contributed by atoms with Crippen LogP contribution in [0.1, 0.15) is 0 Å². The minimum Gasteiger partial charge on any atom is -0.455 e. The smallest absolute Gasteiger partial charge is 0.164 e. The zero-order valence-electron chi connectivity index (χ0n) is 34.0. The lowest BCUT2D eigenvalue weighted by atomic mass is 9.89. The first kappa shape index (κ1) is 35.3. The van der Waals surface area contributed by atoms with Crippen molar-refractivity contribution in [1.82, 2.24) is 15.0 Å². The Morgan fingerprint density at radius 2 is 0.730 bits per heavy atom. The maximum atomic E-state index is 7.03. The number of hydrogen-bond acceptors (Lipinski definition) is 4. The summed E-state index contributed by atoms with van der Waals surface area (Å²) in [6.07, 6.45) is 0. The van der Waals surface area contributed by atoms with Crippen molar-refractivity contribution >= 4 is 75.8 Å². The third-order valence-corrected chi connectivity index (χ3v) is 12.7. The van der Waals surface area contributed by atoms with E-state index >= 15 is 0 Å². The first-order valence-electron chi connectivity index (χ1n) is 21.3. The normalized spacial score (nSPS) is 11.8. The average molecular weight is 802 g/mol. The molecule has 292 valence electrons. The lowest BCUT2D eigenvalue weighted by Crippen LogP contribution is -2.00. The van der Waals surface area contributed by atoms with Gasteiger partial charge in [0.15, 0.2) is 17.5 Å². The molecule has 0 saturated heterocycles. The molecule has 0 atom stereocenters. The minimum atomic E-state index is 0.614. The molecular formula is C59H35N3O. The van der Waals surface area contributed by atoms with Gasteiger partial charge in [0.25, 0.3) is 0 Å². The van der Waals surface area contributed by atoms with Crippen molar-refractivity contribution in [2.24, 2.45) is 0 Å². The predicted octanol–water partition coefficient (Wildman–Crippen LogP) is 15.9. The van der Waals surface area contributed by atoms with Gasteiger partial charge < -0.3 is 4.42 Å². The van der Waals surface area contributed by atoms with Crippen LogP contribution in [-0.4, -0.2) is 15.0 Å². The summed E-state index contributed by atoms with van der Waals surface area (Å²) >= 11 is 0. The Hall–Kier alpha value is -8.47. The number of aromatic nitrogens is 3. The number of benzene rings is 11. The maximum absolute atomic E-state index is 7.03. The highest BCUT2D eigenvalue weighted by atomic mass is 16.3. The quantitative estimate of drug-likeness (QED) is 0.163. The van der Waals surface area contributed by atoms with Gasteiger partial charge in [0, 0.05) is 32.8 Å². The van der Waals surface area contributed by atoms with Crippen molar-refractivity contribution < 1.29 is 4.42 Å². The highest BCUT2D eigenvalue weighted by Crippen LogP contribution is 2.47. The molecular weight excluding hydrogens is 767 g/mol. The second-order valence-electron chi connectivity index (χ2n) is 16.3. The molecule has 0 saturated carbocycles. The van der Waals surface area contributed by atoms with E-state index < -0.39 is 0 Å². The molecule has 0 aliphatic heterocycles. The van der Waals surface area contributed by atoms with Crippen molar-refractivity contribution in [2.75, 3.05) is 0 Å². The van der Waals surface area contributed by atoms with Gasteiger partial charge >= 0.3 is 0 Å². The molecule has 0 N–H and O–H groups in total. The van der Waals surface area contributed by atoms with Crippen LogP contribution in [0.15, 0.2) is 217 Å². The SMILES string of the molecule is c1ccc(-c2ccc(-c3nc(-c4ccc(-c5cc6c7ccccc7c7ccccc7c6c6oc7cc8ccccc8cc7c56)cc4)nc(-c4ccc5ccccc5c4)n3)cc2)cc1. The molecule has 2 heterocycles. The van der Waals surface area contributed by atoms with E-state index in [-0.39, 0.29) is 0 Å². The number of furan rings is 1. The van der Waals surface area contributed by atoms with E-state index in [0.29, 0.717) is 17.5 Å². The van der Waals surface area contributed by atoms with Gasteiger partial charge in [-0.1, -0.05) is 188 Å². The zero-order chi connectivity index (χ0) is 41.4. The number of nitrogens with zero attached hydrogens (tertiary/aromatic N) is 3. The van der Waals surface area contributed by atoms with Gasteiger partial charge in [0.05, 0.1) is 0 Å². The van der Waals surface area contributed by atoms with E-state index in [0.717, 1.165) is 71.5 Å². The Kier molecular flexibility index (Phi) is 7.87. The van der Waals surface area contributed by atoms with Crippen LogP contribution in [0.3, 0.4) is 0 Å². The van der Waals surface area contributed by atoms with Gasteiger partial charge in [0.2, 0.25) is 0 Å². The lowest BCUT2D eigenvalue weighted by Gasteiger charge is -2.14. The van der Waals surface area contributed by atoms with Gasteiger partial charge in [-0.3, -0.25) is 0 Å². The second-order valence-corrected chi connectivity index (χ2v) is 16.3. The zero-order valence-corrected chi connectivity index (χ0v) is 34.0. The molecule has 13 rings (SSSR count). The molecule has 63 heavy (non-hydrogen) atoms. The molecule has 2 aromatic heterocycles. The van der Waals surface area contributed by atoms with E-state index in [1.165, 1.54) is 43.3 Å². The molecule has 0 radical (unpaired) electrons. The Balaban J connectivity index is 1.01. The highest BCUT2D eigenvalue weighted by molar-refractivity contribution is 6.34. The highest BCUT2D eigenvalue weighted by Gasteiger charge is 2.21. The van der Waals surface area contributed by atoms with Gasteiger partial charge in [0.1, 0.15) is 11.2 Å². The Bertz CT molecular complexity index is 3950. The van der Waals surface area contributed by atoms with Crippen LogP contribution in [0.5, 0.6) is 0 Å². The number of fused-ring (bicyclic) bond motifs is 12. The predicted molar refractivity (Wildman–Crippen MR) is 262 cm³/mol. The largest absolute Gasteiger partial charge is 0.455 e.